The van der Waals surface area contributed by atoms with Crippen LogP contribution in [0.2, 0.25) is 0 Å². The van der Waals surface area contributed by atoms with E-state index in [4.69, 9.17) is 0 Å². The first-order valence-electron chi connectivity index (χ1n) is 9.06. The number of hydrogen-bond donors (Lipinski definition) is 2. The first kappa shape index (κ1) is 15.3. The van der Waals surface area contributed by atoms with Crippen LogP contribution in [0.15, 0.2) is 0 Å². The number of amides is 1. The molecule has 0 aromatic carbocycles. The zero-order valence-corrected chi connectivity index (χ0v) is 14.1. The second kappa shape index (κ2) is 5.57. The molecule has 3 atom stereocenters. The summed E-state index contributed by atoms with van der Waals surface area (Å²) in [4.78, 5) is 14.0. The summed E-state index contributed by atoms with van der Waals surface area (Å²) < 4.78 is 0. The smallest absolute Gasteiger partial charge is 0.225 e. The van der Waals surface area contributed by atoms with Crippen molar-refractivity contribution in [2.24, 2.45) is 16.7 Å². The lowest BCUT2D eigenvalue weighted by molar-refractivity contribution is -0.904. The zero-order chi connectivity index (χ0) is 15.1. The van der Waals surface area contributed by atoms with Gasteiger partial charge in [0.15, 0.2) is 0 Å². The Morgan fingerprint density at radius 1 is 1.19 bits per heavy atom. The van der Waals surface area contributed by atoms with E-state index < -0.39 is 0 Å². The molecule has 0 aromatic heterocycles. The van der Waals surface area contributed by atoms with Gasteiger partial charge in [-0.25, -0.2) is 0 Å². The minimum Gasteiger partial charge on any atom is -0.353 e. The van der Waals surface area contributed by atoms with E-state index in [0.29, 0.717) is 29.2 Å². The molecule has 1 saturated heterocycles. The van der Waals surface area contributed by atoms with Gasteiger partial charge in [0, 0.05) is 6.04 Å². The number of carbonyl (C=O) groups is 1. The highest BCUT2D eigenvalue weighted by molar-refractivity contribution is 5.76. The fourth-order valence-corrected chi connectivity index (χ4v) is 5.28. The van der Waals surface area contributed by atoms with Gasteiger partial charge >= 0.3 is 0 Å². The molecule has 0 aromatic rings. The van der Waals surface area contributed by atoms with Gasteiger partial charge in [-0.1, -0.05) is 20.8 Å². The number of piperidine rings is 1. The molecule has 2 bridgehead atoms. The molecule has 3 rings (SSSR count). The molecule has 21 heavy (non-hydrogen) atoms. The van der Waals surface area contributed by atoms with Crippen molar-refractivity contribution in [3.63, 3.8) is 0 Å². The third kappa shape index (κ3) is 2.62. The standard InChI is InChI=1S/C18H32N2O/c1-17(2)14-7-9-18(17,3)15(13-14)19-16(21)8-12-20-10-5-4-6-11-20/h14-15H,4-13H2,1-3H3,(H,19,21)/p+1/t14-,15+,18-/m0/s1. The van der Waals surface area contributed by atoms with E-state index in [-0.39, 0.29) is 0 Å². The lowest BCUT2D eigenvalue weighted by Crippen LogP contribution is -3.12. The monoisotopic (exact) mass is 293 g/mol. The Morgan fingerprint density at radius 2 is 1.90 bits per heavy atom. The molecule has 0 radical (unpaired) electrons. The van der Waals surface area contributed by atoms with E-state index in [1.54, 1.807) is 4.90 Å². The second-order valence-electron chi connectivity index (χ2n) is 8.54. The summed E-state index contributed by atoms with van der Waals surface area (Å²) in [5.74, 6) is 1.10. The third-order valence-electron chi connectivity index (χ3n) is 7.40. The summed E-state index contributed by atoms with van der Waals surface area (Å²) in [6.07, 6.45) is 8.62. The molecule has 3 aliphatic rings. The molecular weight excluding hydrogens is 260 g/mol. The molecule has 2 N–H and O–H groups in total. The highest BCUT2D eigenvalue weighted by atomic mass is 16.1. The molecule has 1 heterocycles. The van der Waals surface area contributed by atoms with Crippen molar-refractivity contribution in [3.05, 3.63) is 0 Å². The number of fused-ring (bicyclic) bond motifs is 2. The highest BCUT2D eigenvalue weighted by Crippen LogP contribution is 2.65. The van der Waals surface area contributed by atoms with Gasteiger partial charge in [-0.3, -0.25) is 4.79 Å². The Balaban J connectivity index is 1.49. The second-order valence-corrected chi connectivity index (χ2v) is 8.54. The lowest BCUT2D eigenvalue weighted by Gasteiger charge is -2.39. The number of hydrogen-bond acceptors (Lipinski definition) is 1. The number of nitrogens with one attached hydrogen (secondary N) is 2. The number of likely N-dealkylation sites (tertiary alicyclic amines) is 1. The molecule has 2 aliphatic carbocycles. The van der Waals surface area contributed by atoms with E-state index in [1.165, 1.54) is 51.6 Å². The average Bonchev–Trinajstić information content (AvgIpc) is 2.79. The maximum Gasteiger partial charge on any atom is 0.225 e. The molecule has 2 saturated carbocycles. The Morgan fingerprint density at radius 3 is 2.48 bits per heavy atom. The minimum atomic E-state index is 0.294. The maximum atomic E-state index is 12.3. The molecule has 0 spiro atoms. The molecule has 3 fully saturated rings. The topological polar surface area (TPSA) is 33.5 Å². The summed E-state index contributed by atoms with van der Waals surface area (Å²) in [6.45, 7) is 10.8. The van der Waals surface area contributed by atoms with Crippen molar-refractivity contribution in [1.82, 2.24) is 5.32 Å². The van der Waals surface area contributed by atoms with Gasteiger partial charge in [0.25, 0.3) is 0 Å². The van der Waals surface area contributed by atoms with Crippen LogP contribution in [0.1, 0.15) is 65.7 Å². The van der Waals surface area contributed by atoms with E-state index in [0.717, 1.165) is 12.5 Å². The highest BCUT2D eigenvalue weighted by Gasteiger charge is 2.61. The zero-order valence-electron chi connectivity index (χ0n) is 14.1. The van der Waals surface area contributed by atoms with Gasteiger partial charge < -0.3 is 10.2 Å². The molecule has 1 aliphatic heterocycles. The first-order valence-corrected chi connectivity index (χ1v) is 9.06. The van der Waals surface area contributed by atoms with Crippen molar-refractivity contribution in [2.45, 2.75) is 71.8 Å². The van der Waals surface area contributed by atoms with E-state index in [1.807, 2.05) is 0 Å². The van der Waals surface area contributed by atoms with E-state index in [9.17, 15) is 4.79 Å². The van der Waals surface area contributed by atoms with Crippen molar-refractivity contribution < 1.29 is 9.69 Å². The van der Waals surface area contributed by atoms with Crippen LogP contribution in [0.5, 0.6) is 0 Å². The summed E-state index contributed by atoms with van der Waals surface area (Å²) in [5, 5.41) is 3.39. The summed E-state index contributed by atoms with van der Waals surface area (Å²) >= 11 is 0. The molecule has 3 heteroatoms. The van der Waals surface area contributed by atoms with Crippen LogP contribution in [0, 0.1) is 16.7 Å². The van der Waals surface area contributed by atoms with Gasteiger partial charge in [0.05, 0.1) is 26.1 Å². The van der Waals surface area contributed by atoms with Gasteiger partial charge in [-0.05, 0) is 55.3 Å². The Kier molecular flexibility index (Phi) is 4.06. The van der Waals surface area contributed by atoms with Gasteiger partial charge in [-0.2, -0.15) is 0 Å². The normalized spacial score (nSPS) is 38.6. The van der Waals surface area contributed by atoms with E-state index >= 15 is 0 Å². The molecule has 3 nitrogen and oxygen atoms in total. The number of quaternary nitrogens is 1. The number of rotatable bonds is 4. The van der Waals surface area contributed by atoms with Crippen LogP contribution < -0.4 is 10.2 Å². The van der Waals surface area contributed by atoms with Crippen LogP contribution in [0.4, 0.5) is 0 Å². The van der Waals surface area contributed by atoms with Crippen LogP contribution >= 0.6 is 0 Å². The minimum absolute atomic E-state index is 0.294. The van der Waals surface area contributed by atoms with Crippen molar-refractivity contribution in [1.29, 1.82) is 0 Å². The largest absolute Gasteiger partial charge is 0.353 e. The Bertz CT molecular complexity index is 400. The average molecular weight is 293 g/mol. The summed E-state index contributed by atoms with van der Waals surface area (Å²) in [7, 11) is 0. The van der Waals surface area contributed by atoms with Crippen molar-refractivity contribution >= 4 is 5.91 Å². The predicted octanol–water partition coefficient (Wildman–Crippen LogP) is 1.78. The number of carbonyl (C=O) groups excluding carboxylic acids is 1. The molecule has 120 valence electrons. The molecule has 1 amide bonds. The van der Waals surface area contributed by atoms with Gasteiger partial charge in [0.2, 0.25) is 5.91 Å². The third-order valence-corrected chi connectivity index (χ3v) is 7.40. The quantitative estimate of drug-likeness (QED) is 0.814. The lowest BCUT2D eigenvalue weighted by atomic mass is 9.69. The SMILES string of the molecule is CC1(C)[C@H]2CC[C@@]1(C)[C@H](NC(=O)CC[NH+]1CCCCC1)C2. The van der Waals surface area contributed by atoms with Crippen LogP contribution in [0.25, 0.3) is 0 Å². The van der Waals surface area contributed by atoms with Crippen LogP contribution in [-0.2, 0) is 4.79 Å². The Labute approximate surface area is 129 Å². The van der Waals surface area contributed by atoms with Crippen molar-refractivity contribution in [2.75, 3.05) is 19.6 Å². The van der Waals surface area contributed by atoms with Gasteiger partial charge in [0.1, 0.15) is 0 Å². The fraction of sp³-hybridized carbons (Fsp3) is 0.944. The maximum absolute atomic E-state index is 12.3. The van der Waals surface area contributed by atoms with E-state index in [2.05, 4.69) is 26.1 Å². The predicted molar refractivity (Wildman–Crippen MR) is 85.2 cm³/mol. The summed E-state index contributed by atoms with van der Waals surface area (Å²) in [5.41, 5.74) is 0.703. The first-order chi connectivity index (χ1) is 9.93. The summed E-state index contributed by atoms with van der Waals surface area (Å²) in [6, 6.07) is 0.412. The van der Waals surface area contributed by atoms with Crippen LogP contribution in [0.3, 0.4) is 0 Å². The fourth-order valence-electron chi connectivity index (χ4n) is 5.28. The van der Waals surface area contributed by atoms with Crippen molar-refractivity contribution in [3.8, 4) is 0 Å². The molecule has 0 unspecified atom stereocenters. The van der Waals surface area contributed by atoms with Gasteiger partial charge in [-0.15, -0.1) is 0 Å². The molecular formula is C18H33N2O+. The Hall–Kier alpha value is -0.570. The van der Waals surface area contributed by atoms with Crippen LogP contribution in [-0.4, -0.2) is 31.6 Å².